The molecule has 31 heavy (non-hydrogen) atoms. The van der Waals surface area contributed by atoms with Gasteiger partial charge in [-0.05, 0) is 36.8 Å². The van der Waals surface area contributed by atoms with Crippen LogP contribution in [0.25, 0.3) is 22.0 Å². The predicted molar refractivity (Wildman–Crippen MR) is 118 cm³/mol. The highest BCUT2D eigenvalue weighted by Crippen LogP contribution is 2.33. The van der Waals surface area contributed by atoms with Gasteiger partial charge in [0.15, 0.2) is 17.4 Å². The maximum absolute atomic E-state index is 12.8. The van der Waals surface area contributed by atoms with Crippen molar-refractivity contribution in [1.82, 2.24) is 15.8 Å². The molecule has 0 saturated heterocycles. The SMILES string of the molecule is Cc1cccc(OCC(=O)NNC(=O)c2sc(-c3ccco3)nc2-c2ccccc2)c1. The van der Waals surface area contributed by atoms with Gasteiger partial charge in [0.2, 0.25) is 0 Å². The largest absolute Gasteiger partial charge is 0.484 e. The Morgan fingerprint density at radius 1 is 1.03 bits per heavy atom. The molecule has 4 rings (SSSR count). The molecule has 7 nitrogen and oxygen atoms in total. The van der Waals surface area contributed by atoms with Gasteiger partial charge in [0.25, 0.3) is 11.8 Å². The van der Waals surface area contributed by atoms with Gasteiger partial charge in [-0.1, -0.05) is 42.5 Å². The van der Waals surface area contributed by atoms with Crippen LogP contribution in [-0.4, -0.2) is 23.4 Å². The van der Waals surface area contributed by atoms with Crippen molar-refractivity contribution < 1.29 is 18.7 Å². The number of hydrogen-bond acceptors (Lipinski definition) is 6. The van der Waals surface area contributed by atoms with Gasteiger partial charge in [0, 0.05) is 5.56 Å². The maximum atomic E-state index is 12.8. The minimum absolute atomic E-state index is 0.227. The lowest BCUT2D eigenvalue weighted by Crippen LogP contribution is -2.43. The van der Waals surface area contributed by atoms with E-state index in [1.807, 2.05) is 55.5 Å². The van der Waals surface area contributed by atoms with E-state index in [1.54, 1.807) is 24.5 Å². The van der Waals surface area contributed by atoms with Gasteiger partial charge in [0.1, 0.15) is 10.6 Å². The minimum atomic E-state index is -0.480. The van der Waals surface area contributed by atoms with E-state index in [-0.39, 0.29) is 6.61 Å². The zero-order chi connectivity index (χ0) is 21.6. The molecule has 156 valence electrons. The quantitative estimate of drug-likeness (QED) is 0.444. The number of nitrogens with zero attached hydrogens (tertiary/aromatic N) is 1. The third kappa shape index (κ3) is 4.99. The summed E-state index contributed by atoms with van der Waals surface area (Å²) in [5, 5.41) is 0.572. The van der Waals surface area contributed by atoms with E-state index in [4.69, 9.17) is 9.15 Å². The van der Waals surface area contributed by atoms with Crippen LogP contribution >= 0.6 is 11.3 Å². The van der Waals surface area contributed by atoms with E-state index in [2.05, 4.69) is 15.8 Å². The second-order valence-electron chi connectivity index (χ2n) is 6.65. The van der Waals surface area contributed by atoms with E-state index in [0.717, 1.165) is 11.1 Å². The van der Waals surface area contributed by atoms with Crippen LogP contribution in [0.1, 0.15) is 15.2 Å². The maximum Gasteiger partial charge on any atom is 0.282 e. The molecule has 2 heterocycles. The number of aryl methyl sites for hydroxylation is 1. The lowest BCUT2D eigenvalue weighted by atomic mass is 10.1. The molecule has 2 N–H and O–H groups in total. The number of furan rings is 1. The molecule has 0 saturated carbocycles. The second kappa shape index (κ2) is 9.27. The Morgan fingerprint density at radius 3 is 2.61 bits per heavy atom. The van der Waals surface area contributed by atoms with Gasteiger partial charge < -0.3 is 9.15 Å². The summed E-state index contributed by atoms with van der Waals surface area (Å²) >= 11 is 1.18. The summed E-state index contributed by atoms with van der Waals surface area (Å²) in [6.45, 7) is 1.71. The van der Waals surface area contributed by atoms with E-state index in [9.17, 15) is 9.59 Å². The topological polar surface area (TPSA) is 93.5 Å². The number of amides is 2. The van der Waals surface area contributed by atoms with Gasteiger partial charge in [0.05, 0.1) is 12.0 Å². The molecule has 0 aliphatic rings. The van der Waals surface area contributed by atoms with Crippen LogP contribution in [0.5, 0.6) is 5.75 Å². The highest BCUT2D eigenvalue weighted by atomic mass is 32.1. The summed E-state index contributed by atoms with van der Waals surface area (Å²) in [6, 6.07) is 20.3. The first-order valence-electron chi connectivity index (χ1n) is 9.49. The molecule has 0 fully saturated rings. The fraction of sp³-hybridized carbons (Fsp3) is 0.0870. The zero-order valence-electron chi connectivity index (χ0n) is 16.6. The van der Waals surface area contributed by atoms with Crippen molar-refractivity contribution in [1.29, 1.82) is 0 Å². The first-order chi connectivity index (χ1) is 15.1. The van der Waals surface area contributed by atoms with E-state index in [0.29, 0.717) is 27.1 Å². The standard InChI is InChI=1S/C23H19N3O4S/c1-15-7-5-10-17(13-15)30-14-19(27)25-26-22(28)21-20(16-8-3-2-4-9-16)24-23(31-21)18-11-6-12-29-18/h2-13H,14H2,1H3,(H,25,27)(H,26,28). The Balaban J connectivity index is 1.45. The van der Waals surface area contributed by atoms with Crippen LogP contribution in [-0.2, 0) is 4.79 Å². The molecule has 0 unspecified atom stereocenters. The number of hydrazine groups is 1. The molecule has 2 amide bonds. The Kier molecular flexibility index (Phi) is 6.09. The zero-order valence-corrected chi connectivity index (χ0v) is 17.4. The number of carbonyl (C=O) groups is 2. The Labute approximate surface area is 182 Å². The molecule has 0 radical (unpaired) electrons. The normalized spacial score (nSPS) is 10.5. The molecule has 0 bridgehead atoms. The van der Waals surface area contributed by atoms with Gasteiger partial charge in [-0.2, -0.15) is 0 Å². The number of benzene rings is 2. The Hall–Kier alpha value is -3.91. The number of nitrogens with one attached hydrogen (secondary N) is 2. The molecule has 0 aliphatic heterocycles. The summed E-state index contributed by atoms with van der Waals surface area (Å²) in [5.74, 6) is 0.195. The fourth-order valence-corrected chi connectivity index (χ4v) is 3.80. The van der Waals surface area contributed by atoms with Crippen LogP contribution in [0.2, 0.25) is 0 Å². The van der Waals surface area contributed by atoms with Crippen LogP contribution in [0.3, 0.4) is 0 Å². The summed E-state index contributed by atoms with van der Waals surface area (Å²) in [6.07, 6.45) is 1.55. The first-order valence-corrected chi connectivity index (χ1v) is 10.3. The number of aromatic nitrogens is 1. The van der Waals surface area contributed by atoms with E-state index in [1.165, 1.54) is 11.3 Å². The highest BCUT2D eigenvalue weighted by Gasteiger charge is 2.21. The summed E-state index contributed by atoms with van der Waals surface area (Å²) in [5.41, 5.74) is 7.14. The van der Waals surface area contributed by atoms with Crippen molar-refractivity contribution in [2.75, 3.05) is 6.61 Å². The highest BCUT2D eigenvalue weighted by molar-refractivity contribution is 7.17. The lowest BCUT2D eigenvalue weighted by Gasteiger charge is -2.09. The number of rotatable bonds is 6. The smallest absolute Gasteiger partial charge is 0.282 e. The number of ether oxygens (including phenoxy) is 1. The van der Waals surface area contributed by atoms with Crippen molar-refractivity contribution in [3.8, 4) is 27.8 Å². The van der Waals surface area contributed by atoms with E-state index >= 15 is 0 Å². The molecular formula is C23H19N3O4S. The molecular weight excluding hydrogens is 414 g/mol. The van der Waals surface area contributed by atoms with E-state index < -0.39 is 11.8 Å². The molecule has 4 aromatic rings. The van der Waals surface area contributed by atoms with Crippen LogP contribution < -0.4 is 15.6 Å². The van der Waals surface area contributed by atoms with Crippen molar-refractivity contribution in [3.05, 3.63) is 83.4 Å². The molecule has 0 atom stereocenters. The second-order valence-corrected chi connectivity index (χ2v) is 7.65. The molecule has 8 heteroatoms. The lowest BCUT2D eigenvalue weighted by molar-refractivity contribution is -0.123. The van der Waals surface area contributed by atoms with Crippen molar-refractivity contribution in [2.24, 2.45) is 0 Å². The fourth-order valence-electron chi connectivity index (χ4n) is 2.84. The molecule has 0 aliphatic carbocycles. The number of carbonyl (C=O) groups excluding carboxylic acids is 2. The Bertz CT molecular complexity index is 1190. The average Bonchev–Trinajstić information content (AvgIpc) is 3.47. The van der Waals surface area contributed by atoms with Crippen molar-refractivity contribution in [3.63, 3.8) is 0 Å². The van der Waals surface area contributed by atoms with Crippen molar-refractivity contribution in [2.45, 2.75) is 6.92 Å². The number of hydrogen-bond donors (Lipinski definition) is 2. The summed E-state index contributed by atoms with van der Waals surface area (Å²) in [7, 11) is 0. The Morgan fingerprint density at radius 2 is 1.87 bits per heavy atom. The average molecular weight is 433 g/mol. The van der Waals surface area contributed by atoms with Crippen molar-refractivity contribution >= 4 is 23.2 Å². The summed E-state index contributed by atoms with van der Waals surface area (Å²) < 4.78 is 10.9. The van der Waals surface area contributed by atoms with Crippen LogP contribution in [0.15, 0.2) is 77.4 Å². The van der Waals surface area contributed by atoms with Gasteiger partial charge >= 0.3 is 0 Å². The molecule has 0 spiro atoms. The molecule has 2 aromatic carbocycles. The third-order valence-corrected chi connectivity index (χ3v) is 5.36. The van der Waals surface area contributed by atoms with Crippen LogP contribution in [0, 0.1) is 6.92 Å². The van der Waals surface area contributed by atoms with Gasteiger partial charge in [-0.15, -0.1) is 11.3 Å². The number of thiazole rings is 1. The predicted octanol–water partition coefficient (Wildman–Crippen LogP) is 4.22. The summed E-state index contributed by atoms with van der Waals surface area (Å²) in [4.78, 5) is 29.9. The third-order valence-electron chi connectivity index (χ3n) is 4.29. The van der Waals surface area contributed by atoms with Gasteiger partial charge in [-0.3, -0.25) is 20.4 Å². The van der Waals surface area contributed by atoms with Gasteiger partial charge in [-0.25, -0.2) is 4.98 Å². The minimum Gasteiger partial charge on any atom is -0.484 e. The van der Waals surface area contributed by atoms with Crippen LogP contribution in [0.4, 0.5) is 0 Å². The first kappa shape index (κ1) is 20.4. The monoisotopic (exact) mass is 433 g/mol. The molecule has 2 aromatic heterocycles.